The first-order chi connectivity index (χ1) is 12.0. The first kappa shape index (κ1) is 20.5. The van der Waals surface area contributed by atoms with Crippen LogP contribution in [0, 0.1) is 13.8 Å². The second-order valence-electron chi connectivity index (χ2n) is 7.80. The van der Waals surface area contributed by atoms with Crippen molar-refractivity contribution >= 4 is 10.0 Å². The molecular weight excluding hydrogens is 346 g/mol. The SMILES string of the molecule is COc1cc(C)c(S(=O)(=O)N[C@H](C)c2ccc(C(C)(C)C)cc2)cc1C. The third-order valence-electron chi connectivity index (χ3n) is 4.59. The number of aryl methyl sites for hydroxylation is 2. The summed E-state index contributed by atoms with van der Waals surface area (Å²) in [4.78, 5) is 0.286. The molecule has 0 spiro atoms. The highest BCUT2D eigenvalue weighted by atomic mass is 32.2. The van der Waals surface area contributed by atoms with Crippen LogP contribution in [-0.2, 0) is 15.4 Å². The lowest BCUT2D eigenvalue weighted by Crippen LogP contribution is -2.27. The van der Waals surface area contributed by atoms with Crippen LogP contribution >= 0.6 is 0 Å². The maximum absolute atomic E-state index is 12.9. The highest BCUT2D eigenvalue weighted by Crippen LogP contribution is 2.28. The van der Waals surface area contributed by atoms with Gasteiger partial charge in [0.2, 0.25) is 10.0 Å². The molecule has 0 aliphatic carbocycles. The minimum atomic E-state index is -3.63. The van der Waals surface area contributed by atoms with Crippen LogP contribution in [0.15, 0.2) is 41.3 Å². The summed E-state index contributed by atoms with van der Waals surface area (Å²) < 4.78 is 33.8. The molecule has 0 bridgehead atoms. The summed E-state index contributed by atoms with van der Waals surface area (Å²) in [5, 5.41) is 0. The number of rotatable bonds is 5. The molecular formula is C21H29NO3S. The van der Waals surface area contributed by atoms with Gasteiger partial charge in [-0.2, -0.15) is 0 Å². The van der Waals surface area contributed by atoms with Crippen molar-refractivity contribution in [3.8, 4) is 5.75 Å². The fourth-order valence-corrected chi connectivity index (χ4v) is 4.45. The molecule has 2 aromatic carbocycles. The molecule has 2 aromatic rings. The smallest absolute Gasteiger partial charge is 0.241 e. The molecule has 1 N–H and O–H groups in total. The van der Waals surface area contributed by atoms with Gasteiger partial charge in [-0.1, -0.05) is 45.0 Å². The average Bonchev–Trinajstić information content (AvgIpc) is 2.55. The fourth-order valence-electron chi connectivity index (χ4n) is 2.91. The number of sulfonamides is 1. The summed E-state index contributed by atoms with van der Waals surface area (Å²) in [6.45, 7) is 11.9. The molecule has 0 saturated heterocycles. The van der Waals surface area contributed by atoms with Crippen molar-refractivity contribution in [2.45, 2.75) is 57.9 Å². The topological polar surface area (TPSA) is 55.4 Å². The van der Waals surface area contributed by atoms with Crippen LogP contribution in [0.2, 0.25) is 0 Å². The molecule has 0 saturated carbocycles. The van der Waals surface area contributed by atoms with E-state index in [2.05, 4.69) is 37.6 Å². The quantitative estimate of drug-likeness (QED) is 0.828. The van der Waals surface area contributed by atoms with E-state index in [-0.39, 0.29) is 16.4 Å². The summed E-state index contributed by atoms with van der Waals surface area (Å²) in [7, 11) is -2.05. The molecule has 0 fully saturated rings. The number of ether oxygens (including phenoxy) is 1. The Kier molecular flexibility index (Phi) is 5.83. The molecule has 0 radical (unpaired) electrons. The molecule has 0 heterocycles. The Balaban J connectivity index is 2.28. The molecule has 0 aromatic heterocycles. The van der Waals surface area contributed by atoms with Crippen LogP contribution in [0.5, 0.6) is 5.75 Å². The van der Waals surface area contributed by atoms with Gasteiger partial charge in [0.05, 0.1) is 12.0 Å². The Morgan fingerprint density at radius 1 is 1.00 bits per heavy atom. The summed E-state index contributed by atoms with van der Waals surface area (Å²) >= 11 is 0. The van der Waals surface area contributed by atoms with E-state index in [1.54, 1.807) is 26.2 Å². The van der Waals surface area contributed by atoms with Gasteiger partial charge in [-0.05, 0) is 60.6 Å². The summed E-state index contributed by atoms with van der Waals surface area (Å²) in [5.74, 6) is 0.687. The van der Waals surface area contributed by atoms with Crippen molar-refractivity contribution in [2.75, 3.05) is 7.11 Å². The van der Waals surface area contributed by atoms with Gasteiger partial charge in [-0.25, -0.2) is 13.1 Å². The van der Waals surface area contributed by atoms with Crippen molar-refractivity contribution in [1.29, 1.82) is 0 Å². The van der Waals surface area contributed by atoms with Crippen LogP contribution in [0.1, 0.15) is 56.0 Å². The van der Waals surface area contributed by atoms with Gasteiger partial charge in [0.1, 0.15) is 5.75 Å². The molecule has 0 unspecified atom stereocenters. The zero-order chi connectivity index (χ0) is 19.7. The van der Waals surface area contributed by atoms with Gasteiger partial charge < -0.3 is 4.74 Å². The number of methoxy groups -OCH3 is 1. The van der Waals surface area contributed by atoms with E-state index in [0.29, 0.717) is 11.3 Å². The first-order valence-electron chi connectivity index (χ1n) is 8.73. The van der Waals surface area contributed by atoms with E-state index in [1.807, 2.05) is 26.0 Å². The van der Waals surface area contributed by atoms with Gasteiger partial charge in [0.15, 0.2) is 0 Å². The largest absolute Gasteiger partial charge is 0.496 e. The zero-order valence-corrected chi connectivity index (χ0v) is 17.5. The Labute approximate surface area is 157 Å². The highest BCUT2D eigenvalue weighted by Gasteiger charge is 2.22. The maximum Gasteiger partial charge on any atom is 0.241 e. The molecule has 0 amide bonds. The Morgan fingerprint density at radius 3 is 2.08 bits per heavy atom. The monoisotopic (exact) mass is 375 g/mol. The standard InChI is InChI=1S/C21H29NO3S/c1-14-13-20(15(2)12-19(14)25-7)26(23,24)22-16(3)17-8-10-18(11-9-17)21(4,5)6/h8-13,16,22H,1-7H3/t16-/m1/s1. The predicted molar refractivity (Wildman–Crippen MR) is 106 cm³/mol. The maximum atomic E-state index is 12.9. The van der Waals surface area contributed by atoms with Crippen LogP contribution in [0.25, 0.3) is 0 Å². The molecule has 1 atom stereocenters. The van der Waals surface area contributed by atoms with Crippen LogP contribution < -0.4 is 9.46 Å². The minimum absolute atomic E-state index is 0.0685. The molecule has 0 aliphatic heterocycles. The van der Waals surface area contributed by atoms with E-state index in [1.165, 1.54) is 5.56 Å². The van der Waals surface area contributed by atoms with Crippen molar-refractivity contribution in [1.82, 2.24) is 4.72 Å². The van der Waals surface area contributed by atoms with E-state index in [0.717, 1.165) is 11.1 Å². The Hall–Kier alpha value is -1.85. The van der Waals surface area contributed by atoms with Crippen molar-refractivity contribution in [3.05, 3.63) is 58.7 Å². The van der Waals surface area contributed by atoms with Crippen LogP contribution in [0.3, 0.4) is 0 Å². The van der Waals surface area contributed by atoms with Gasteiger partial charge in [-0.15, -0.1) is 0 Å². The second-order valence-corrected chi connectivity index (χ2v) is 9.48. The highest BCUT2D eigenvalue weighted by molar-refractivity contribution is 7.89. The third kappa shape index (κ3) is 4.46. The van der Waals surface area contributed by atoms with Gasteiger partial charge in [0.25, 0.3) is 0 Å². The van der Waals surface area contributed by atoms with Gasteiger partial charge >= 0.3 is 0 Å². The van der Waals surface area contributed by atoms with E-state index in [9.17, 15) is 8.42 Å². The predicted octanol–water partition coefficient (Wildman–Crippen LogP) is 4.65. The molecule has 0 aliphatic rings. The number of benzene rings is 2. The lowest BCUT2D eigenvalue weighted by Gasteiger charge is -2.21. The van der Waals surface area contributed by atoms with Gasteiger partial charge in [0, 0.05) is 6.04 Å². The minimum Gasteiger partial charge on any atom is -0.496 e. The molecule has 142 valence electrons. The third-order valence-corrected chi connectivity index (χ3v) is 6.27. The molecule has 26 heavy (non-hydrogen) atoms. The average molecular weight is 376 g/mol. The lowest BCUT2D eigenvalue weighted by atomic mass is 9.86. The molecule has 5 heteroatoms. The molecule has 2 rings (SSSR count). The van der Waals surface area contributed by atoms with E-state index >= 15 is 0 Å². The molecule has 4 nitrogen and oxygen atoms in total. The van der Waals surface area contributed by atoms with Crippen LogP contribution in [0.4, 0.5) is 0 Å². The summed E-state index contributed by atoms with van der Waals surface area (Å²) in [5.41, 5.74) is 3.68. The number of hydrogen-bond acceptors (Lipinski definition) is 3. The van der Waals surface area contributed by atoms with Crippen molar-refractivity contribution in [2.24, 2.45) is 0 Å². The van der Waals surface area contributed by atoms with Crippen LogP contribution in [-0.4, -0.2) is 15.5 Å². The Bertz CT molecular complexity index is 879. The summed E-state index contributed by atoms with van der Waals surface area (Å²) in [6.07, 6.45) is 0. The number of hydrogen-bond donors (Lipinski definition) is 1. The fraction of sp³-hybridized carbons (Fsp3) is 0.429. The van der Waals surface area contributed by atoms with Gasteiger partial charge in [-0.3, -0.25) is 0 Å². The van der Waals surface area contributed by atoms with Crippen molar-refractivity contribution in [3.63, 3.8) is 0 Å². The normalized spacial score (nSPS) is 13.5. The van der Waals surface area contributed by atoms with E-state index < -0.39 is 10.0 Å². The Morgan fingerprint density at radius 2 is 1.58 bits per heavy atom. The number of nitrogens with one attached hydrogen (secondary N) is 1. The second kappa shape index (κ2) is 7.41. The summed E-state index contributed by atoms with van der Waals surface area (Å²) in [6, 6.07) is 11.2. The zero-order valence-electron chi connectivity index (χ0n) is 16.7. The van der Waals surface area contributed by atoms with E-state index in [4.69, 9.17) is 4.74 Å². The first-order valence-corrected chi connectivity index (χ1v) is 10.2. The lowest BCUT2D eigenvalue weighted by molar-refractivity contribution is 0.411. The van der Waals surface area contributed by atoms with Crippen molar-refractivity contribution < 1.29 is 13.2 Å².